The van der Waals surface area contributed by atoms with Gasteiger partial charge in [-0.2, -0.15) is 8.78 Å². The van der Waals surface area contributed by atoms with E-state index in [9.17, 15) is 13.6 Å². The average Bonchev–Trinajstić information content (AvgIpc) is 3.03. The van der Waals surface area contributed by atoms with Crippen LogP contribution in [0.5, 0.6) is 5.88 Å². The quantitative estimate of drug-likeness (QED) is 0.687. The molecule has 2 aromatic heterocycles. The first-order chi connectivity index (χ1) is 13.1. The zero-order chi connectivity index (χ0) is 19.2. The fraction of sp³-hybridized carbons (Fsp3) is 0.353. The summed E-state index contributed by atoms with van der Waals surface area (Å²) in [5.74, 6) is -0.0173. The number of allylic oxidation sites excluding steroid dienone is 2. The van der Waals surface area contributed by atoms with Crippen molar-refractivity contribution in [2.24, 2.45) is 0 Å². The summed E-state index contributed by atoms with van der Waals surface area (Å²) in [5.41, 5.74) is 1.38. The minimum absolute atomic E-state index is 0.233. The molecule has 27 heavy (non-hydrogen) atoms. The van der Waals surface area contributed by atoms with Crippen LogP contribution in [-0.4, -0.2) is 47.6 Å². The number of anilines is 1. The van der Waals surface area contributed by atoms with Crippen LogP contribution in [0.25, 0.3) is 10.9 Å². The molecule has 2 aromatic rings. The Morgan fingerprint density at radius 2 is 2.26 bits per heavy atom. The van der Waals surface area contributed by atoms with Gasteiger partial charge >= 0.3 is 12.6 Å². The van der Waals surface area contributed by atoms with Gasteiger partial charge in [0, 0.05) is 19.4 Å². The molecule has 1 atom stereocenters. The highest BCUT2D eigenvalue weighted by Crippen LogP contribution is 2.24. The molecule has 0 unspecified atom stereocenters. The number of urea groups is 1. The molecule has 3 rings (SSSR count). The van der Waals surface area contributed by atoms with Gasteiger partial charge in [0.1, 0.15) is 5.82 Å². The molecule has 0 aromatic carbocycles. The minimum atomic E-state index is -2.99. The fourth-order valence-electron chi connectivity index (χ4n) is 2.72. The maximum atomic E-state index is 12.3. The summed E-state index contributed by atoms with van der Waals surface area (Å²) in [6.07, 6.45) is 9.25. The topological polar surface area (TPSA) is 101 Å². The van der Waals surface area contributed by atoms with Crippen LogP contribution in [0, 0.1) is 0 Å². The Labute approximate surface area is 153 Å². The largest absolute Gasteiger partial charge is 0.415 e. The summed E-state index contributed by atoms with van der Waals surface area (Å²) in [7, 11) is 1.56. The van der Waals surface area contributed by atoms with E-state index in [1.165, 1.54) is 12.3 Å². The summed E-state index contributed by atoms with van der Waals surface area (Å²) in [6.45, 7) is -2.66. The van der Waals surface area contributed by atoms with E-state index in [0.717, 1.165) is 18.4 Å². The number of nitrogens with one attached hydrogen (secondary N) is 3. The number of hydrogen-bond acceptors (Lipinski definition) is 5. The lowest BCUT2D eigenvalue weighted by Crippen LogP contribution is -2.41. The molecule has 0 saturated carbocycles. The van der Waals surface area contributed by atoms with Crippen LogP contribution in [0.4, 0.5) is 19.4 Å². The number of rotatable bonds is 7. The molecule has 144 valence electrons. The molecule has 0 spiro atoms. The van der Waals surface area contributed by atoms with Crippen molar-refractivity contribution in [3.8, 4) is 5.88 Å². The number of nitrogens with zero attached hydrogens (tertiary/aromatic N) is 2. The zero-order valence-corrected chi connectivity index (χ0v) is 14.5. The molecule has 0 aliphatic heterocycles. The number of halogens is 2. The third-order valence-corrected chi connectivity index (χ3v) is 3.92. The first kappa shape index (κ1) is 18.8. The van der Waals surface area contributed by atoms with Crippen molar-refractivity contribution in [3.63, 3.8) is 0 Å². The van der Waals surface area contributed by atoms with E-state index in [0.29, 0.717) is 12.1 Å². The van der Waals surface area contributed by atoms with Crippen LogP contribution >= 0.6 is 0 Å². The van der Waals surface area contributed by atoms with Crippen LogP contribution in [0.3, 0.4) is 0 Å². The summed E-state index contributed by atoms with van der Waals surface area (Å²) in [5, 5.41) is 12.0. The van der Waals surface area contributed by atoms with Crippen LogP contribution in [-0.2, 0) is 4.74 Å². The molecule has 2 heterocycles. The number of fused-ring (bicyclic) bond motifs is 1. The monoisotopic (exact) mass is 379 g/mol. The number of H-pyrrole nitrogens is 1. The van der Waals surface area contributed by atoms with Crippen LogP contribution in [0.1, 0.15) is 12.8 Å². The Balaban J connectivity index is 1.67. The van der Waals surface area contributed by atoms with E-state index in [2.05, 4.69) is 36.6 Å². The van der Waals surface area contributed by atoms with Crippen LogP contribution in [0.2, 0.25) is 0 Å². The van der Waals surface area contributed by atoms with Gasteiger partial charge in [-0.1, -0.05) is 18.2 Å². The lowest BCUT2D eigenvalue weighted by atomic mass is 10.0. The minimum Gasteiger partial charge on any atom is -0.415 e. The van der Waals surface area contributed by atoms with Gasteiger partial charge in [0.15, 0.2) is 0 Å². The average molecular weight is 379 g/mol. The standard InChI is InChI=1S/C17H19F2N5O3/c1-26-9-13(10-5-3-2-4-6-10)21-17(25)22-14-7-12-11(8-20-14)15(24-23-12)27-16(18)19/h3,5-8,13,16H,2,4,9H2,1H3,(H,23,24)(H2,20,21,22,25)/t13-/m1/s1. The van der Waals surface area contributed by atoms with Gasteiger partial charge in [-0.3, -0.25) is 10.4 Å². The maximum absolute atomic E-state index is 12.3. The molecule has 0 radical (unpaired) electrons. The molecule has 2 amide bonds. The van der Waals surface area contributed by atoms with Crippen LogP contribution in [0.15, 0.2) is 36.1 Å². The molecule has 10 heteroatoms. The Bertz CT molecular complexity index is 865. The van der Waals surface area contributed by atoms with E-state index in [1.807, 2.05) is 12.2 Å². The molecule has 3 N–H and O–H groups in total. The first-order valence-electron chi connectivity index (χ1n) is 8.29. The highest BCUT2D eigenvalue weighted by molar-refractivity contribution is 5.92. The highest BCUT2D eigenvalue weighted by atomic mass is 19.3. The van der Waals surface area contributed by atoms with E-state index < -0.39 is 12.6 Å². The van der Waals surface area contributed by atoms with Crippen molar-refractivity contribution in [2.75, 3.05) is 19.0 Å². The van der Waals surface area contributed by atoms with Crippen molar-refractivity contribution in [1.82, 2.24) is 20.5 Å². The molecule has 1 aliphatic carbocycles. The van der Waals surface area contributed by atoms with E-state index in [1.54, 1.807) is 7.11 Å². The van der Waals surface area contributed by atoms with Gasteiger partial charge in [-0.15, -0.1) is 5.10 Å². The lowest BCUT2D eigenvalue weighted by Gasteiger charge is -2.21. The van der Waals surface area contributed by atoms with Gasteiger partial charge in [0.25, 0.3) is 0 Å². The molecular formula is C17H19F2N5O3. The van der Waals surface area contributed by atoms with Gasteiger partial charge in [-0.25, -0.2) is 9.78 Å². The molecule has 0 saturated heterocycles. The van der Waals surface area contributed by atoms with Gasteiger partial charge in [0.05, 0.1) is 23.6 Å². The number of carbonyl (C=O) groups excluding carboxylic acids is 1. The highest BCUT2D eigenvalue weighted by Gasteiger charge is 2.18. The Morgan fingerprint density at radius 1 is 1.41 bits per heavy atom. The fourth-order valence-corrected chi connectivity index (χ4v) is 2.72. The predicted molar refractivity (Wildman–Crippen MR) is 94.8 cm³/mol. The Kier molecular flexibility index (Phi) is 5.97. The van der Waals surface area contributed by atoms with Crippen molar-refractivity contribution < 1.29 is 23.0 Å². The molecular weight excluding hydrogens is 360 g/mol. The van der Waals surface area contributed by atoms with Gasteiger partial charge in [0.2, 0.25) is 5.88 Å². The first-order valence-corrected chi connectivity index (χ1v) is 8.29. The smallest absolute Gasteiger partial charge is 0.388 e. The van der Waals surface area contributed by atoms with Crippen molar-refractivity contribution >= 4 is 22.8 Å². The number of methoxy groups -OCH3 is 1. The summed E-state index contributed by atoms with van der Waals surface area (Å²) < 4.78 is 34.1. The van der Waals surface area contributed by atoms with E-state index in [-0.39, 0.29) is 23.1 Å². The number of alkyl halides is 2. The Morgan fingerprint density at radius 3 is 2.96 bits per heavy atom. The third-order valence-electron chi connectivity index (χ3n) is 3.92. The third kappa shape index (κ3) is 4.79. The normalized spacial score (nSPS) is 14.9. The Hall–Kier alpha value is -3.01. The number of aromatic nitrogens is 3. The number of ether oxygens (including phenoxy) is 2. The zero-order valence-electron chi connectivity index (χ0n) is 14.5. The summed E-state index contributed by atoms with van der Waals surface area (Å²) in [4.78, 5) is 16.3. The van der Waals surface area contributed by atoms with E-state index in [4.69, 9.17) is 4.74 Å². The molecule has 0 bridgehead atoms. The van der Waals surface area contributed by atoms with Gasteiger partial charge < -0.3 is 14.8 Å². The lowest BCUT2D eigenvalue weighted by molar-refractivity contribution is -0.0519. The summed E-state index contributed by atoms with van der Waals surface area (Å²) >= 11 is 0. The second-order valence-electron chi connectivity index (χ2n) is 5.81. The van der Waals surface area contributed by atoms with Crippen molar-refractivity contribution in [2.45, 2.75) is 25.5 Å². The maximum Gasteiger partial charge on any atom is 0.388 e. The van der Waals surface area contributed by atoms with Crippen LogP contribution < -0.4 is 15.4 Å². The van der Waals surface area contributed by atoms with Gasteiger partial charge in [-0.05, 0) is 18.4 Å². The number of aromatic amines is 1. The molecule has 1 aliphatic rings. The second kappa shape index (κ2) is 8.58. The number of carbonyl (C=O) groups is 1. The second-order valence-corrected chi connectivity index (χ2v) is 5.81. The number of pyridine rings is 1. The molecule has 0 fully saturated rings. The van der Waals surface area contributed by atoms with Crippen molar-refractivity contribution in [3.05, 3.63) is 36.1 Å². The molecule has 8 nitrogen and oxygen atoms in total. The van der Waals surface area contributed by atoms with E-state index >= 15 is 0 Å². The number of hydrogen-bond donors (Lipinski definition) is 3. The predicted octanol–water partition coefficient (Wildman–Crippen LogP) is 2.97. The van der Waals surface area contributed by atoms with Crippen molar-refractivity contribution in [1.29, 1.82) is 0 Å². The summed E-state index contributed by atoms with van der Waals surface area (Å²) in [6, 6.07) is 0.714. The SMILES string of the molecule is COC[C@@H](NC(=O)Nc1cc2[nH]nc(OC(F)F)c2cn1)C1=CCCC=C1. The number of amides is 2.